The molecule has 1 aromatic carbocycles. The molecule has 1 aliphatic carbocycles. The van der Waals surface area contributed by atoms with Crippen LogP contribution in [-0.2, 0) is 0 Å². The van der Waals surface area contributed by atoms with Gasteiger partial charge in [-0.25, -0.2) is 4.39 Å². The molecule has 1 aliphatic rings. The van der Waals surface area contributed by atoms with E-state index in [1.807, 2.05) is 0 Å². The van der Waals surface area contributed by atoms with Crippen LogP contribution in [0, 0.1) is 11.7 Å². The molecule has 0 saturated heterocycles. The van der Waals surface area contributed by atoms with E-state index in [0.29, 0.717) is 12.5 Å². The van der Waals surface area contributed by atoms with Gasteiger partial charge in [0.1, 0.15) is 0 Å². The zero-order chi connectivity index (χ0) is 12.3. The summed E-state index contributed by atoms with van der Waals surface area (Å²) in [4.78, 5) is 0. The highest BCUT2D eigenvalue weighted by atomic mass is 19.1. The molecule has 0 bridgehead atoms. The van der Waals surface area contributed by atoms with Crippen LogP contribution in [0.4, 0.5) is 10.1 Å². The third kappa shape index (κ3) is 2.69. The van der Waals surface area contributed by atoms with Crippen molar-refractivity contribution in [3.8, 4) is 5.75 Å². The van der Waals surface area contributed by atoms with Crippen molar-refractivity contribution in [1.82, 2.24) is 0 Å². The second kappa shape index (κ2) is 5.36. The molecule has 1 saturated carbocycles. The van der Waals surface area contributed by atoms with Gasteiger partial charge < -0.3 is 15.8 Å². The van der Waals surface area contributed by atoms with Gasteiger partial charge in [-0.3, -0.25) is 0 Å². The molecule has 0 amide bonds. The van der Waals surface area contributed by atoms with E-state index in [1.165, 1.54) is 32.4 Å². The summed E-state index contributed by atoms with van der Waals surface area (Å²) in [6.45, 7) is 0.602. The molecule has 17 heavy (non-hydrogen) atoms. The van der Waals surface area contributed by atoms with Gasteiger partial charge in [-0.1, -0.05) is 6.42 Å². The maximum Gasteiger partial charge on any atom is 0.165 e. The van der Waals surface area contributed by atoms with Crippen molar-refractivity contribution in [2.24, 2.45) is 11.7 Å². The fourth-order valence-corrected chi connectivity index (χ4v) is 2.18. The Morgan fingerprint density at radius 3 is 2.82 bits per heavy atom. The van der Waals surface area contributed by atoms with Gasteiger partial charge in [0, 0.05) is 24.3 Å². The summed E-state index contributed by atoms with van der Waals surface area (Å²) in [6, 6.07) is 5.09. The van der Waals surface area contributed by atoms with E-state index in [0.717, 1.165) is 5.69 Å². The first-order chi connectivity index (χ1) is 8.24. The number of halogens is 1. The Labute approximate surface area is 101 Å². The molecule has 0 aliphatic heterocycles. The molecule has 3 nitrogen and oxygen atoms in total. The largest absolute Gasteiger partial charge is 0.494 e. The summed E-state index contributed by atoms with van der Waals surface area (Å²) < 4.78 is 18.2. The highest BCUT2D eigenvalue weighted by molar-refractivity contribution is 5.49. The number of anilines is 1. The Bertz CT molecular complexity index is 380. The number of nitrogens with two attached hydrogens (primary N) is 1. The molecule has 0 radical (unpaired) electrons. The molecule has 2 rings (SSSR count). The van der Waals surface area contributed by atoms with Crippen molar-refractivity contribution in [3.05, 3.63) is 24.0 Å². The van der Waals surface area contributed by atoms with Gasteiger partial charge in [-0.15, -0.1) is 0 Å². The molecular formula is C13H19FN2O. The first kappa shape index (κ1) is 12.2. The lowest BCUT2D eigenvalue weighted by Crippen LogP contribution is -2.39. The van der Waals surface area contributed by atoms with Gasteiger partial charge in [0.15, 0.2) is 11.6 Å². The topological polar surface area (TPSA) is 47.3 Å². The van der Waals surface area contributed by atoms with E-state index in [1.54, 1.807) is 12.1 Å². The molecule has 1 unspecified atom stereocenters. The van der Waals surface area contributed by atoms with Crippen LogP contribution in [0.25, 0.3) is 0 Å². The van der Waals surface area contributed by atoms with Crippen molar-refractivity contribution < 1.29 is 9.13 Å². The number of rotatable bonds is 5. The zero-order valence-corrected chi connectivity index (χ0v) is 10.1. The van der Waals surface area contributed by atoms with Gasteiger partial charge >= 0.3 is 0 Å². The Kier molecular flexibility index (Phi) is 3.84. The summed E-state index contributed by atoms with van der Waals surface area (Å²) in [6.07, 6.45) is 3.75. The minimum atomic E-state index is -0.342. The normalized spacial score (nSPS) is 17.4. The fourth-order valence-electron chi connectivity index (χ4n) is 2.18. The predicted molar refractivity (Wildman–Crippen MR) is 66.8 cm³/mol. The average Bonchev–Trinajstić information content (AvgIpc) is 2.28. The lowest BCUT2D eigenvalue weighted by molar-refractivity contribution is 0.277. The number of hydrogen-bond donors (Lipinski definition) is 2. The number of benzene rings is 1. The van der Waals surface area contributed by atoms with Crippen LogP contribution in [0.3, 0.4) is 0 Å². The van der Waals surface area contributed by atoms with Crippen molar-refractivity contribution in [3.63, 3.8) is 0 Å². The van der Waals surface area contributed by atoms with Crippen LogP contribution < -0.4 is 15.8 Å². The second-order valence-electron chi connectivity index (χ2n) is 4.53. The smallest absolute Gasteiger partial charge is 0.165 e. The molecule has 1 atom stereocenters. The summed E-state index contributed by atoms with van der Waals surface area (Å²) in [7, 11) is 1.47. The Balaban J connectivity index is 2.06. The average molecular weight is 238 g/mol. The van der Waals surface area contributed by atoms with E-state index >= 15 is 0 Å². The minimum Gasteiger partial charge on any atom is -0.494 e. The van der Waals surface area contributed by atoms with Crippen molar-refractivity contribution in [2.45, 2.75) is 25.3 Å². The second-order valence-corrected chi connectivity index (χ2v) is 4.53. The van der Waals surface area contributed by atoms with Crippen LogP contribution in [0.5, 0.6) is 5.75 Å². The van der Waals surface area contributed by atoms with E-state index in [4.69, 9.17) is 10.5 Å². The summed E-state index contributed by atoms with van der Waals surface area (Å²) in [5.74, 6) is 0.571. The number of methoxy groups -OCH3 is 1. The minimum absolute atomic E-state index is 0.263. The van der Waals surface area contributed by atoms with Crippen LogP contribution in [0.15, 0.2) is 18.2 Å². The summed E-state index contributed by atoms with van der Waals surface area (Å²) in [5.41, 5.74) is 6.63. The molecule has 0 spiro atoms. The Hall–Kier alpha value is -1.29. The molecule has 1 aromatic rings. The number of nitrogens with one attached hydrogen (secondary N) is 1. The van der Waals surface area contributed by atoms with Gasteiger partial charge in [-0.05, 0) is 30.9 Å². The maximum atomic E-state index is 13.2. The third-order valence-electron chi connectivity index (χ3n) is 3.48. The third-order valence-corrected chi connectivity index (χ3v) is 3.48. The molecule has 94 valence electrons. The first-order valence-corrected chi connectivity index (χ1v) is 6.04. The van der Waals surface area contributed by atoms with Gasteiger partial charge in [0.2, 0.25) is 0 Å². The van der Waals surface area contributed by atoms with Crippen LogP contribution >= 0.6 is 0 Å². The van der Waals surface area contributed by atoms with Crippen molar-refractivity contribution >= 4 is 5.69 Å². The van der Waals surface area contributed by atoms with E-state index in [9.17, 15) is 4.39 Å². The lowest BCUT2D eigenvalue weighted by Gasteiger charge is -2.34. The predicted octanol–water partition coefficient (Wildman–Crippen LogP) is 2.37. The van der Waals surface area contributed by atoms with Crippen LogP contribution in [0.1, 0.15) is 19.3 Å². The highest BCUT2D eigenvalue weighted by Crippen LogP contribution is 2.31. The summed E-state index contributed by atoms with van der Waals surface area (Å²) in [5, 5.41) is 3.36. The number of ether oxygens (including phenoxy) is 1. The first-order valence-electron chi connectivity index (χ1n) is 6.04. The number of hydrogen-bond acceptors (Lipinski definition) is 3. The van der Waals surface area contributed by atoms with Gasteiger partial charge in [0.25, 0.3) is 0 Å². The van der Waals surface area contributed by atoms with E-state index in [-0.39, 0.29) is 17.6 Å². The molecule has 3 N–H and O–H groups in total. The Morgan fingerprint density at radius 2 is 2.29 bits per heavy atom. The summed E-state index contributed by atoms with van der Waals surface area (Å²) >= 11 is 0. The molecule has 4 heteroatoms. The molecular weight excluding hydrogens is 219 g/mol. The highest BCUT2D eigenvalue weighted by Gasteiger charge is 2.26. The molecule has 0 aromatic heterocycles. The maximum absolute atomic E-state index is 13.2. The van der Waals surface area contributed by atoms with Gasteiger partial charge in [-0.2, -0.15) is 0 Å². The zero-order valence-electron chi connectivity index (χ0n) is 10.1. The molecule has 1 fully saturated rings. The van der Waals surface area contributed by atoms with Crippen molar-refractivity contribution in [2.75, 3.05) is 19.0 Å². The van der Waals surface area contributed by atoms with Crippen LogP contribution in [-0.4, -0.2) is 19.7 Å². The van der Waals surface area contributed by atoms with Crippen LogP contribution in [0.2, 0.25) is 0 Å². The standard InChI is InChI=1S/C13H19FN2O/c1-17-13-7-10(5-6-11(13)14)16-12(8-15)9-3-2-4-9/h5-7,9,12,16H,2-4,8,15H2,1H3. The molecule has 0 heterocycles. The monoisotopic (exact) mass is 238 g/mol. The van der Waals surface area contributed by atoms with Crippen molar-refractivity contribution in [1.29, 1.82) is 0 Å². The fraction of sp³-hybridized carbons (Fsp3) is 0.538. The SMILES string of the molecule is COc1cc(NC(CN)C2CCC2)ccc1F. The van der Waals surface area contributed by atoms with Gasteiger partial charge in [0.05, 0.1) is 7.11 Å². The van der Waals surface area contributed by atoms with E-state index < -0.39 is 0 Å². The lowest BCUT2D eigenvalue weighted by atomic mass is 9.79. The van der Waals surface area contributed by atoms with E-state index in [2.05, 4.69) is 5.32 Å². The quantitative estimate of drug-likeness (QED) is 0.828. The Morgan fingerprint density at radius 1 is 1.53 bits per heavy atom.